The van der Waals surface area contributed by atoms with Crippen LogP contribution in [0.3, 0.4) is 0 Å². The van der Waals surface area contributed by atoms with Crippen molar-refractivity contribution in [2.75, 3.05) is 25.5 Å². The number of hydrogen-bond acceptors (Lipinski definition) is 3. The van der Waals surface area contributed by atoms with Gasteiger partial charge >= 0.3 is 0 Å². The zero-order valence-corrected chi connectivity index (χ0v) is 11.0. The molecule has 0 spiro atoms. The van der Waals surface area contributed by atoms with E-state index in [1.165, 1.54) is 24.0 Å². The molecule has 1 aromatic carbocycles. The second-order valence-corrected chi connectivity index (χ2v) is 5.22. The molecule has 1 unspecified atom stereocenters. The van der Waals surface area contributed by atoms with Crippen LogP contribution in [0, 0.1) is 6.92 Å². The lowest BCUT2D eigenvalue weighted by Gasteiger charge is -2.16. The van der Waals surface area contributed by atoms with E-state index in [9.17, 15) is 0 Å². The van der Waals surface area contributed by atoms with Crippen molar-refractivity contribution in [2.24, 2.45) is 0 Å². The zero-order valence-electron chi connectivity index (χ0n) is 11.0. The lowest BCUT2D eigenvalue weighted by Crippen LogP contribution is -2.23. The molecule has 1 aromatic heterocycles. The van der Waals surface area contributed by atoms with Gasteiger partial charge in [-0.25, -0.2) is 0 Å². The Bertz CT molecular complexity index is 565. The molecule has 1 fully saturated rings. The normalized spacial score (nSPS) is 20.4. The highest BCUT2D eigenvalue weighted by Crippen LogP contribution is 2.25. The average molecular weight is 241 g/mol. The number of rotatable bonds is 2. The molecule has 0 saturated carbocycles. The molecule has 94 valence electrons. The monoisotopic (exact) mass is 241 g/mol. The molecule has 3 heteroatoms. The third-order valence-electron chi connectivity index (χ3n) is 3.60. The third-order valence-corrected chi connectivity index (χ3v) is 3.60. The van der Waals surface area contributed by atoms with Crippen LogP contribution in [0.1, 0.15) is 12.1 Å². The summed E-state index contributed by atoms with van der Waals surface area (Å²) in [6.07, 6.45) is 1.21. The van der Waals surface area contributed by atoms with Crippen LogP contribution in [0.25, 0.3) is 10.9 Å². The van der Waals surface area contributed by atoms with E-state index in [1.807, 2.05) is 6.07 Å². The molecule has 2 heterocycles. The molecule has 1 saturated heterocycles. The summed E-state index contributed by atoms with van der Waals surface area (Å²) in [7, 11) is 2.18. The first kappa shape index (κ1) is 11.5. The molecule has 1 aliphatic heterocycles. The van der Waals surface area contributed by atoms with Crippen molar-refractivity contribution < 1.29 is 0 Å². The molecule has 18 heavy (non-hydrogen) atoms. The summed E-state index contributed by atoms with van der Waals surface area (Å²) in [5.41, 5.74) is 3.37. The van der Waals surface area contributed by atoms with Gasteiger partial charge in [-0.05, 0) is 39.1 Å². The molecule has 3 nitrogen and oxygen atoms in total. The first-order valence-electron chi connectivity index (χ1n) is 6.54. The first-order chi connectivity index (χ1) is 8.72. The summed E-state index contributed by atoms with van der Waals surface area (Å²) in [5.74, 6) is 0. The van der Waals surface area contributed by atoms with Crippen molar-refractivity contribution in [3.63, 3.8) is 0 Å². The van der Waals surface area contributed by atoms with E-state index in [0.29, 0.717) is 6.04 Å². The highest BCUT2D eigenvalue weighted by atomic mass is 15.2. The standard InChI is InChI=1S/C15H19N3/c1-11-9-15(17-12-7-8-18(2)10-12)13-5-3-4-6-14(13)16-11/h3-6,9,12H,7-8,10H2,1-2H3,(H,16,17). The second-order valence-electron chi connectivity index (χ2n) is 5.22. The van der Waals surface area contributed by atoms with Gasteiger partial charge in [-0.1, -0.05) is 18.2 Å². The molecule has 3 rings (SSSR count). The predicted octanol–water partition coefficient (Wildman–Crippen LogP) is 2.66. The Morgan fingerprint density at radius 1 is 1.33 bits per heavy atom. The summed E-state index contributed by atoms with van der Waals surface area (Å²) in [4.78, 5) is 6.94. The molecule has 1 N–H and O–H groups in total. The fourth-order valence-electron chi connectivity index (χ4n) is 2.70. The summed E-state index contributed by atoms with van der Waals surface area (Å²) in [6.45, 7) is 4.35. The predicted molar refractivity (Wildman–Crippen MR) is 76.0 cm³/mol. The number of anilines is 1. The fourth-order valence-corrected chi connectivity index (χ4v) is 2.70. The van der Waals surface area contributed by atoms with Crippen LogP contribution in [0.4, 0.5) is 5.69 Å². The Morgan fingerprint density at radius 3 is 2.94 bits per heavy atom. The third kappa shape index (κ3) is 2.18. The van der Waals surface area contributed by atoms with Crippen LogP contribution < -0.4 is 5.32 Å². The van der Waals surface area contributed by atoms with Crippen LogP contribution in [0.2, 0.25) is 0 Å². The molecule has 0 bridgehead atoms. The van der Waals surface area contributed by atoms with Gasteiger partial charge in [0.1, 0.15) is 0 Å². The maximum absolute atomic E-state index is 4.58. The van der Waals surface area contributed by atoms with E-state index in [2.05, 4.69) is 53.4 Å². The quantitative estimate of drug-likeness (QED) is 0.876. The number of para-hydroxylation sites is 1. The molecule has 1 atom stereocenters. The number of likely N-dealkylation sites (tertiary alicyclic amines) is 1. The summed E-state index contributed by atoms with van der Waals surface area (Å²) in [6, 6.07) is 11.0. The Balaban J connectivity index is 1.95. The van der Waals surface area contributed by atoms with Crippen LogP contribution in [-0.2, 0) is 0 Å². The molecular formula is C15H19N3. The van der Waals surface area contributed by atoms with E-state index in [0.717, 1.165) is 17.8 Å². The van der Waals surface area contributed by atoms with Gasteiger partial charge in [0.25, 0.3) is 0 Å². The maximum Gasteiger partial charge on any atom is 0.0725 e. The van der Waals surface area contributed by atoms with Gasteiger partial charge in [-0.3, -0.25) is 4.98 Å². The van der Waals surface area contributed by atoms with Crippen LogP contribution in [0.5, 0.6) is 0 Å². The Morgan fingerprint density at radius 2 is 2.17 bits per heavy atom. The summed E-state index contributed by atoms with van der Waals surface area (Å²) in [5, 5.41) is 4.89. The van der Waals surface area contributed by atoms with E-state index in [1.54, 1.807) is 0 Å². The number of likely N-dealkylation sites (N-methyl/N-ethyl adjacent to an activating group) is 1. The topological polar surface area (TPSA) is 28.2 Å². The number of fused-ring (bicyclic) bond motifs is 1. The second kappa shape index (κ2) is 4.58. The SMILES string of the molecule is Cc1cc(NC2CCN(C)C2)c2ccccc2n1. The van der Waals surface area contributed by atoms with Gasteiger partial charge in [0.15, 0.2) is 0 Å². The van der Waals surface area contributed by atoms with Gasteiger partial charge in [0.05, 0.1) is 5.52 Å². The van der Waals surface area contributed by atoms with Gasteiger partial charge < -0.3 is 10.2 Å². The van der Waals surface area contributed by atoms with E-state index in [-0.39, 0.29) is 0 Å². The Kier molecular flexibility index (Phi) is 2.92. The van der Waals surface area contributed by atoms with Gasteiger partial charge in [0, 0.05) is 29.4 Å². The zero-order chi connectivity index (χ0) is 12.5. The number of nitrogens with zero attached hydrogens (tertiary/aromatic N) is 2. The van der Waals surface area contributed by atoms with Gasteiger partial charge in [-0.15, -0.1) is 0 Å². The minimum atomic E-state index is 0.556. The highest BCUT2D eigenvalue weighted by Gasteiger charge is 2.19. The number of aromatic nitrogens is 1. The maximum atomic E-state index is 4.58. The summed E-state index contributed by atoms with van der Waals surface area (Å²) >= 11 is 0. The van der Waals surface area contributed by atoms with Crippen molar-refractivity contribution in [1.82, 2.24) is 9.88 Å². The van der Waals surface area contributed by atoms with Crippen molar-refractivity contribution >= 4 is 16.6 Å². The highest BCUT2D eigenvalue weighted by molar-refractivity contribution is 5.91. The molecule has 1 aliphatic rings. The van der Waals surface area contributed by atoms with Crippen LogP contribution >= 0.6 is 0 Å². The number of nitrogens with one attached hydrogen (secondary N) is 1. The Hall–Kier alpha value is -1.61. The van der Waals surface area contributed by atoms with Crippen molar-refractivity contribution in [3.05, 3.63) is 36.0 Å². The molecule has 2 aromatic rings. The van der Waals surface area contributed by atoms with Crippen molar-refractivity contribution in [2.45, 2.75) is 19.4 Å². The largest absolute Gasteiger partial charge is 0.380 e. The molecule has 0 amide bonds. The summed E-state index contributed by atoms with van der Waals surface area (Å²) < 4.78 is 0. The number of pyridine rings is 1. The number of benzene rings is 1. The number of aryl methyl sites for hydroxylation is 1. The van der Waals surface area contributed by atoms with Crippen molar-refractivity contribution in [3.8, 4) is 0 Å². The number of hydrogen-bond donors (Lipinski definition) is 1. The lowest BCUT2D eigenvalue weighted by molar-refractivity contribution is 0.414. The average Bonchev–Trinajstić information content (AvgIpc) is 2.74. The van der Waals surface area contributed by atoms with Gasteiger partial charge in [-0.2, -0.15) is 0 Å². The fraction of sp³-hybridized carbons (Fsp3) is 0.400. The molecule has 0 radical (unpaired) electrons. The van der Waals surface area contributed by atoms with Crippen LogP contribution in [-0.4, -0.2) is 36.1 Å². The van der Waals surface area contributed by atoms with Crippen molar-refractivity contribution in [1.29, 1.82) is 0 Å². The molecule has 0 aliphatic carbocycles. The van der Waals surface area contributed by atoms with E-state index in [4.69, 9.17) is 0 Å². The minimum absolute atomic E-state index is 0.556. The molecular weight excluding hydrogens is 222 g/mol. The smallest absolute Gasteiger partial charge is 0.0725 e. The minimum Gasteiger partial charge on any atom is -0.380 e. The Labute approximate surface area is 108 Å². The van der Waals surface area contributed by atoms with Gasteiger partial charge in [0.2, 0.25) is 0 Å². The lowest BCUT2D eigenvalue weighted by atomic mass is 10.1. The van der Waals surface area contributed by atoms with Crippen LogP contribution in [0.15, 0.2) is 30.3 Å². The van der Waals surface area contributed by atoms with E-state index < -0.39 is 0 Å². The first-order valence-corrected chi connectivity index (χ1v) is 6.54. The van der Waals surface area contributed by atoms with E-state index >= 15 is 0 Å².